The van der Waals surface area contributed by atoms with E-state index in [0.717, 1.165) is 5.56 Å². The first-order valence-corrected chi connectivity index (χ1v) is 15.3. The molecule has 2 fully saturated rings. The van der Waals surface area contributed by atoms with E-state index in [4.69, 9.17) is 28.4 Å². The fourth-order valence-corrected chi connectivity index (χ4v) is 5.83. The molecular formula is C30H40N4O13. The van der Waals surface area contributed by atoms with Gasteiger partial charge in [-0.15, -0.1) is 0 Å². The molecule has 3 aliphatic heterocycles. The van der Waals surface area contributed by atoms with Crippen LogP contribution in [-0.2, 0) is 25.4 Å². The molecule has 258 valence electrons. The van der Waals surface area contributed by atoms with Crippen LogP contribution in [0.25, 0.3) is 11.0 Å². The van der Waals surface area contributed by atoms with E-state index in [0.29, 0.717) is 34.5 Å². The monoisotopic (exact) mass is 664 g/mol. The molecule has 1 unspecified atom stereocenters. The highest BCUT2D eigenvalue weighted by Crippen LogP contribution is 2.33. The number of rotatable bonds is 12. The maximum Gasteiger partial charge on any atom is 0.231 e. The molecule has 0 radical (unpaired) electrons. The van der Waals surface area contributed by atoms with Crippen LogP contribution in [-0.4, -0.2) is 145 Å². The minimum Gasteiger partial charge on any atom is -0.454 e. The first-order valence-electron chi connectivity index (χ1n) is 15.3. The third-order valence-corrected chi connectivity index (χ3v) is 8.58. The summed E-state index contributed by atoms with van der Waals surface area (Å²) in [7, 11) is 0. The molecule has 12 atom stereocenters. The van der Waals surface area contributed by atoms with Crippen LogP contribution in [0, 0.1) is 0 Å². The quantitative estimate of drug-likeness (QED) is 0.0978. The molecule has 0 aliphatic carbocycles. The number of nitrogens with one attached hydrogen (secondary N) is 2. The van der Waals surface area contributed by atoms with Gasteiger partial charge in [0.2, 0.25) is 6.79 Å². The van der Waals surface area contributed by atoms with Crippen LogP contribution in [0.15, 0.2) is 36.4 Å². The van der Waals surface area contributed by atoms with Gasteiger partial charge in [0.15, 0.2) is 24.1 Å². The van der Waals surface area contributed by atoms with Crippen molar-refractivity contribution in [1.29, 1.82) is 0 Å². The molecule has 0 amide bonds. The maximum absolute atomic E-state index is 10.9. The van der Waals surface area contributed by atoms with Gasteiger partial charge in [-0.25, -0.2) is 0 Å². The summed E-state index contributed by atoms with van der Waals surface area (Å²) in [6.45, 7) is 1.29. The topological polar surface area (TPSA) is 251 Å². The molecule has 47 heavy (non-hydrogen) atoms. The summed E-state index contributed by atoms with van der Waals surface area (Å²) in [5.74, 6) is 1.38. The van der Waals surface area contributed by atoms with Crippen molar-refractivity contribution < 1.29 is 64.2 Å². The number of benzene rings is 2. The third-order valence-electron chi connectivity index (χ3n) is 8.58. The molecule has 3 aromatic rings. The molecule has 4 heterocycles. The minimum absolute atomic E-state index is 0.0402. The van der Waals surface area contributed by atoms with E-state index in [9.17, 15) is 35.7 Å². The average molecular weight is 665 g/mol. The van der Waals surface area contributed by atoms with Gasteiger partial charge in [-0.05, 0) is 48.7 Å². The first kappa shape index (κ1) is 33.8. The number of nitrogens with zero attached hydrogens (tertiary/aromatic N) is 2. The Balaban J connectivity index is 1.14. The van der Waals surface area contributed by atoms with Crippen LogP contribution in [0.2, 0.25) is 0 Å². The molecular weight excluding hydrogens is 624 g/mol. The number of aliphatic hydroxyl groups excluding tert-OH is 7. The van der Waals surface area contributed by atoms with Crippen LogP contribution in [0.1, 0.15) is 24.2 Å². The largest absolute Gasteiger partial charge is 0.454 e. The van der Waals surface area contributed by atoms with Crippen molar-refractivity contribution in [3.8, 4) is 11.5 Å². The highest BCUT2D eigenvalue weighted by Gasteiger charge is 2.48. The summed E-state index contributed by atoms with van der Waals surface area (Å²) in [6.07, 6.45) is -15.4. The van der Waals surface area contributed by atoms with E-state index in [1.54, 1.807) is 18.2 Å². The molecule has 2 saturated heterocycles. The maximum atomic E-state index is 10.9. The Hall–Kier alpha value is -3.04. The van der Waals surface area contributed by atoms with E-state index in [1.807, 2.05) is 25.1 Å². The second kappa shape index (κ2) is 14.6. The third kappa shape index (κ3) is 7.36. The van der Waals surface area contributed by atoms with Crippen molar-refractivity contribution in [2.45, 2.75) is 86.9 Å². The molecule has 17 heteroatoms. The number of aromatic nitrogens is 3. The Morgan fingerprint density at radius 2 is 1.53 bits per heavy atom. The van der Waals surface area contributed by atoms with Crippen LogP contribution >= 0.6 is 0 Å². The molecule has 0 bridgehead atoms. The SMILES string of the molecule is CC(Cc1ccc2c(c1)OCO2)NC[C@H](O[C@@H]1O[C@H](CO[C@@H]2O[C@H](CO)[C@@H](O)[C@H](O)[C@H]2O)[C@@H](O)[C@H](O)[C@H]1O)c1ccc2n[nH]nc2c1. The summed E-state index contributed by atoms with van der Waals surface area (Å²) >= 11 is 0. The van der Waals surface area contributed by atoms with Crippen molar-refractivity contribution in [2.24, 2.45) is 0 Å². The Morgan fingerprint density at radius 1 is 0.830 bits per heavy atom. The van der Waals surface area contributed by atoms with Gasteiger partial charge in [-0.2, -0.15) is 15.4 Å². The molecule has 0 spiro atoms. The van der Waals surface area contributed by atoms with Crippen molar-refractivity contribution in [3.05, 3.63) is 47.5 Å². The number of aromatic amines is 1. The van der Waals surface area contributed by atoms with Crippen LogP contribution in [0.5, 0.6) is 11.5 Å². The van der Waals surface area contributed by atoms with Crippen molar-refractivity contribution in [2.75, 3.05) is 26.6 Å². The average Bonchev–Trinajstić information content (AvgIpc) is 3.75. The zero-order valence-corrected chi connectivity index (χ0v) is 25.4. The van der Waals surface area contributed by atoms with Gasteiger partial charge in [-0.3, -0.25) is 0 Å². The Kier molecular flexibility index (Phi) is 10.5. The van der Waals surface area contributed by atoms with Crippen LogP contribution < -0.4 is 14.8 Å². The van der Waals surface area contributed by atoms with Crippen LogP contribution in [0.4, 0.5) is 0 Å². The zero-order chi connectivity index (χ0) is 33.2. The molecule has 3 aliphatic rings. The van der Waals surface area contributed by atoms with Crippen LogP contribution in [0.3, 0.4) is 0 Å². The van der Waals surface area contributed by atoms with Gasteiger partial charge >= 0.3 is 0 Å². The zero-order valence-electron chi connectivity index (χ0n) is 25.4. The summed E-state index contributed by atoms with van der Waals surface area (Å²) < 4.78 is 33.9. The second-order valence-corrected chi connectivity index (χ2v) is 11.9. The Morgan fingerprint density at radius 3 is 2.32 bits per heavy atom. The smallest absolute Gasteiger partial charge is 0.231 e. The number of aliphatic hydroxyl groups is 7. The van der Waals surface area contributed by atoms with E-state index in [-0.39, 0.29) is 19.4 Å². The van der Waals surface area contributed by atoms with Crippen molar-refractivity contribution in [1.82, 2.24) is 20.7 Å². The fourth-order valence-electron chi connectivity index (χ4n) is 5.83. The lowest BCUT2D eigenvalue weighted by Crippen LogP contribution is -2.62. The van der Waals surface area contributed by atoms with E-state index < -0.39 is 80.7 Å². The molecule has 2 aromatic carbocycles. The normalized spacial score (nSPS) is 33.6. The molecule has 0 saturated carbocycles. The summed E-state index contributed by atoms with van der Waals surface area (Å²) in [6, 6.07) is 11.0. The highest BCUT2D eigenvalue weighted by molar-refractivity contribution is 5.74. The summed E-state index contributed by atoms with van der Waals surface area (Å²) in [4.78, 5) is 0. The lowest BCUT2D eigenvalue weighted by atomic mass is 9.98. The number of hydrogen-bond acceptors (Lipinski definition) is 16. The van der Waals surface area contributed by atoms with Gasteiger partial charge in [0.05, 0.1) is 19.3 Å². The molecule has 9 N–H and O–H groups in total. The number of fused-ring (bicyclic) bond motifs is 2. The van der Waals surface area contributed by atoms with Gasteiger partial charge in [0.1, 0.15) is 59.9 Å². The highest BCUT2D eigenvalue weighted by atomic mass is 16.7. The lowest BCUT2D eigenvalue weighted by molar-refractivity contribution is -0.336. The number of hydrogen-bond donors (Lipinski definition) is 9. The standard InChI is InChI=1S/C30H40N4O13/c1-13(6-14-2-5-18-19(7-14)44-12-43-18)31-9-20(15-3-4-16-17(8-15)33-34-32-16)45-30-28(41)26(39)24(37)22(47-30)11-42-29-27(40)25(38)23(36)21(10-35)46-29/h2-5,7-8,13,20-31,35-41H,6,9-12H2,1H3,(H,32,33,34)/t13?,20-,21+,22+,23+,24+,25-,26-,27+,28+,29+,30+/m0/s1. The Labute approximate surface area is 268 Å². The van der Waals surface area contributed by atoms with E-state index >= 15 is 0 Å². The van der Waals surface area contributed by atoms with Gasteiger partial charge in [0.25, 0.3) is 0 Å². The molecule has 17 nitrogen and oxygen atoms in total. The lowest BCUT2D eigenvalue weighted by Gasteiger charge is -2.43. The fraction of sp³-hybridized carbons (Fsp3) is 0.600. The summed E-state index contributed by atoms with van der Waals surface area (Å²) in [5.41, 5.74) is 2.91. The predicted octanol–water partition coefficient (Wildman–Crippen LogP) is -2.41. The summed E-state index contributed by atoms with van der Waals surface area (Å²) in [5, 5.41) is 86.4. The van der Waals surface area contributed by atoms with E-state index in [2.05, 4.69) is 20.7 Å². The van der Waals surface area contributed by atoms with Crippen molar-refractivity contribution in [3.63, 3.8) is 0 Å². The predicted molar refractivity (Wildman–Crippen MR) is 158 cm³/mol. The van der Waals surface area contributed by atoms with Crippen molar-refractivity contribution >= 4 is 11.0 Å². The molecule has 6 rings (SSSR count). The number of ether oxygens (including phenoxy) is 6. The van der Waals surface area contributed by atoms with Gasteiger partial charge in [-0.1, -0.05) is 12.1 Å². The van der Waals surface area contributed by atoms with Gasteiger partial charge in [0, 0.05) is 12.6 Å². The molecule has 1 aromatic heterocycles. The van der Waals surface area contributed by atoms with E-state index in [1.165, 1.54) is 0 Å². The first-order chi connectivity index (χ1) is 22.6. The number of H-pyrrole nitrogens is 1. The second-order valence-electron chi connectivity index (χ2n) is 11.9. The van der Waals surface area contributed by atoms with Gasteiger partial charge < -0.3 is 69.5 Å². The Bertz CT molecular complexity index is 1480. The minimum atomic E-state index is -1.70.